The summed E-state index contributed by atoms with van der Waals surface area (Å²) in [6.45, 7) is 4.36. The maximum atomic E-state index is 12.6. The van der Waals surface area contributed by atoms with Crippen molar-refractivity contribution in [2.45, 2.75) is 24.0 Å². The second-order valence-corrected chi connectivity index (χ2v) is 8.55. The summed E-state index contributed by atoms with van der Waals surface area (Å²) in [6, 6.07) is 21.4. The van der Waals surface area contributed by atoms with E-state index in [9.17, 15) is 9.59 Å². The first-order valence-electron chi connectivity index (χ1n) is 9.82. The Kier molecular flexibility index (Phi) is 7.98. The van der Waals surface area contributed by atoms with Crippen LogP contribution in [0.1, 0.15) is 24.2 Å². The highest BCUT2D eigenvalue weighted by Gasteiger charge is 2.15. The van der Waals surface area contributed by atoms with Gasteiger partial charge in [-0.15, -0.1) is 11.8 Å². The summed E-state index contributed by atoms with van der Waals surface area (Å²) >= 11 is 7.37. The molecule has 1 atom stereocenters. The number of thioether (sulfide) groups is 1. The fourth-order valence-electron chi connectivity index (χ4n) is 2.78. The van der Waals surface area contributed by atoms with Crippen molar-refractivity contribution in [1.29, 1.82) is 0 Å². The number of nitrogens with one attached hydrogen (secondary N) is 2. The number of hydrogen-bond acceptors (Lipinski definition) is 4. The molecule has 0 aliphatic rings. The zero-order chi connectivity index (χ0) is 22.2. The highest BCUT2D eigenvalue weighted by Crippen LogP contribution is 2.27. The Bertz CT molecular complexity index is 1060. The Morgan fingerprint density at radius 2 is 1.71 bits per heavy atom. The van der Waals surface area contributed by atoms with E-state index in [-0.39, 0.29) is 17.1 Å². The molecule has 2 amide bonds. The summed E-state index contributed by atoms with van der Waals surface area (Å²) in [5, 5.41) is 5.94. The number of ether oxygens (including phenoxy) is 1. The van der Waals surface area contributed by atoms with E-state index in [0.717, 1.165) is 10.6 Å². The number of anilines is 2. The highest BCUT2D eigenvalue weighted by atomic mass is 35.5. The lowest BCUT2D eigenvalue weighted by Gasteiger charge is -2.13. The molecule has 5 nitrogen and oxygen atoms in total. The normalized spacial score (nSPS) is 11.5. The number of hydrogen-bond donors (Lipinski definition) is 2. The smallest absolute Gasteiger partial charge is 0.255 e. The Balaban J connectivity index is 1.59. The van der Waals surface area contributed by atoms with E-state index in [1.165, 1.54) is 11.8 Å². The lowest BCUT2D eigenvalue weighted by molar-refractivity contribution is -0.115. The molecular formula is C24H23ClN2O3S. The van der Waals surface area contributed by atoms with Crippen LogP contribution < -0.4 is 15.4 Å². The van der Waals surface area contributed by atoms with Crippen molar-refractivity contribution in [3.8, 4) is 5.75 Å². The second kappa shape index (κ2) is 10.9. The molecular weight excluding hydrogens is 432 g/mol. The first-order chi connectivity index (χ1) is 14.9. The second-order valence-electron chi connectivity index (χ2n) is 6.70. The van der Waals surface area contributed by atoms with Crippen molar-refractivity contribution in [2.24, 2.45) is 0 Å². The van der Waals surface area contributed by atoms with Crippen molar-refractivity contribution >= 4 is 46.6 Å². The molecule has 160 valence electrons. The molecule has 0 radical (unpaired) electrons. The molecule has 0 heterocycles. The molecule has 2 N–H and O–H groups in total. The molecule has 7 heteroatoms. The SMILES string of the molecule is CCOc1ccc(NC(=O)C(C)Sc2cccc(NC(=O)c3cccc(Cl)c3)c2)cc1. The minimum absolute atomic E-state index is 0.109. The molecule has 3 rings (SSSR count). The number of amides is 2. The average Bonchev–Trinajstić information content (AvgIpc) is 2.75. The van der Waals surface area contributed by atoms with E-state index in [1.54, 1.807) is 30.3 Å². The minimum Gasteiger partial charge on any atom is -0.494 e. The van der Waals surface area contributed by atoms with E-state index in [0.29, 0.717) is 28.6 Å². The van der Waals surface area contributed by atoms with E-state index in [1.807, 2.05) is 56.3 Å². The maximum Gasteiger partial charge on any atom is 0.255 e. The van der Waals surface area contributed by atoms with Gasteiger partial charge in [-0.3, -0.25) is 9.59 Å². The van der Waals surface area contributed by atoms with Crippen LogP contribution >= 0.6 is 23.4 Å². The van der Waals surface area contributed by atoms with Gasteiger partial charge in [0.05, 0.1) is 11.9 Å². The van der Waals surface area contributed by atoms with Gasteiger partial charge in [0.2, 0.25) is 5.91 Å². The number of carbonyl (C=O) groups excluding carboxylic acids is 2. The quantitative estimate of drug-likeness (QED) is 0.403. The zero-order valence-electron chi connectivity index (χ0n) is 17.2. The lowest BCUT2D eigenvalue weighted by atomic mass is 10.2. The molecule has 3 aromatic rings. The number of carbonyl (C=O) groups is 2. The van der Waals surface area contributed by atoms with Gasteiger partial charge in [-0.1, -0.05) is 23.7 Å². The Morgan fingerprint density at radius 1 is 0.968 bits per heavy atom. The van der Waals surface area contributed by atoms with Crippen LogP contribution in [0.25, 0.3) is 0 Å². The van der Waals surface area contributed by atoms with Crippen LogP contribution in [0.4, 0.5) is 11.4 Å². The molecule has 31 heavy (non-hydrogen) atoms. The van der Waals surface area contributed by atoms with Gasteiger partial charge in [0.25, 0.3) is 5.91 Å². The molecule has 0 saturated carbocycles. The highest BCUT2D eigenvalue weighted by molar-refractivity contribution is 8.00. The Labute approximate surface area is 191 Å². The van der Waals surface area contributed by atoms with E-state index >= 15 is 0 Å². The standard InChI is InChI=1S/C24H23ClN2O3S/c1-3-30-21-12-10-19(11-13-21)26-23(28)16(2)31-22-9-5-8-20(15-22)27-24(29)17-6-4-7-18(25)14-17/h4-16H,3H2,1-2H3,(H,26,28)(H,27,29). The molecule has 0 bridgehead atoms. The molecule has 0 saturated heterocycles. The molecule has 0 aliphatic heterocycles. The van der Waals surface area contributed by atoms with Gasteiger partial charge < -0.3 is 15.4 Å². The number of benzene rings is 3. The summed E-state index contributed by atoms with van der Waals surface area (Å²) in [5.41, 5.74) is 1.84. The third-order valence-corrected chi connectivity index (χ3v) is 5.62. The zero-order valence-corrected chi connectivity index (χ0v) is 18.8. The van der Waals surface area contributed by atoms with Crippen LogP contribution in [0.5, 0.6) is 5.75 Å². The Morgan fingerprint density at radius 3 is 2.42 bits per heavy atom. The average molecular weight is 455 g/mol. The number of halogens is 1. The summed E-state index contributed by atoms with van der Waals surface area (Å²) in [7, 11) is 0. The van der Waals surface area contributed by atoms with Crippen molar-refractivity contribution in [2.75, 3.05) is 17.2 Å². The summed E-state index contributed by atoms with van der Waals surface area (Å²) in [6.07, 6.45) is 0. The maximum absolute atomic E-state index is 12.6. The first-order valence-corrected chi connectivity index (χ1v) is 11.1. The minimum atomic E-state index is -0.328. The van der Waals surface area contributed by atoms with Crippen LogP contribution in [0.2, 0.25) is 5.02 Å². The summed E-state index contributed by atoms with van der Waals surface area (Å²) in [4.78, 5) is 25.9. The van der Waals surface area contributed by atoms with Crippen LogP contribution in [0.15, 0.2) is 77.7 Å². The van der Waals surface area contributed by atoms with Gasteiger partial charge in [-0.25, -0.2) is 0 Å². The fraction of sp³-hybridized carbons (Fsp3) is 0.167. The van der Waals surface area contributed by atoms with Crippen molar-refractivity contribution < 1.29 is 14.3 Å². The number of rotatable bonds is 8. The fourth-order valence-corrected chi connectivity index (χ4v) is 3.90. The van der Waals surface area contributed by atoms with Crippen molar-refractivity contribution in [3.05, 3.63) is 83.4 Å². The predicted molar refractivity (Wildman–Crippen MR) is 127 cm³/mol. The Hall–Kier alpha value is -2.96. The molecule has 1 unspecified atom stereocenters. The van der Waals surface area contributed by atoms with Gasteiger partial charge in [-0.05, 0) is 74.5 Å². The van der Waals surface area contributed by atoms with E-state index < -0.39 is 0 Å². The van der Waals surface area contributed by atoms with Crippen molar-refractivity contribution in [1.82, 2.24) is 0 Å². The summed E-state index contributed by atoms with van der Waals surface area (Å²) in [5.74, 6) is 0.410. The third kappa shape index (κ3) is 6.77. The van der Waals surface area contributed by atoms with Gasteiger partial charge in [0.1, 0.15) is 5.75 Å². The van der Waals surface area contributed by atoms with Crippen molar-refractivity contribution in [3.63, 3.8) is 0 Å². The van der Waals surface area contributed by atoms with Gasteiger partial charge in [0, 0.05) is 26.9 Å². The van der Waals surface area contributed by atoms with Crippen LogP contribution in [0, 0.1) is 0 Å². The molecule has 3 aromatic carbocycles. The van der Waals surface area contributed by atoms with Gasteiger partial charge in [0.15, 0.2) is 0 Å². The van der Waals surface area contributed by atoms with Crippen LogP contribution in [-0.2, 0) is 4.79 Å². The van der Waals surface area contributed by atoms with Gasteiger partial charge >= 0.3 is 0 Å². The first kappa shape index (κ1) is 22.7. The monoisotopic (exact) mass is 454 g/mol. The van der Waals surface area contributed by atoms with Gasteiger partial charge in [-0.2, -0.15) is 0 Å². The predicted octanol–water partition coefficient (Wildman–Crippen LogP) is 6.11. The van der Waals surface area contributed by atoms with E-state index in [4.69, 9.17) is 16.3 Å². The summed E-state index contributed by atoms with van der Waals surface area (Å²) < 4.78 is 5.41. The topological polar surface area (TPSA) is 67.4 Å². The third-order valence-electron chi connectivity index (χ3n) is 4.29. The lowest BCUT2D eigenvalue weighted by Crippen LogP contribution is -2.22. The molecule has 0 fully saturated rings. The molecule has 0 aliphatic carbocycles. The van der Waals surface area contributed by atoms with E-state index in [2.05, 4.69) is 10.6 Å². The molecule has 0 spiro atoms. The largest absolute Gasteiger partial charge is 0.494 e. The molecule has 0 aromatic heterocycles. The van der Waals surface area contributed by atoms with Crippen LogP contribution in [-0.4, -0.2) is 23.7 Å². The van der Waals surface area contributed by atoms with Crippen LogP contribution in [0.3, 0.4) is 0 Å².